The lowest BCUT2D eigenvalue weighted by molar-refractivity contribution is 0.0231. The van der Waals surface area contributed by atoms with Crippen LogP contribution >= 0.6 is 0 Å². The van der Waals surface area contributed by atoms with Gasteiger partial charge in [0.25, 0.3) is 0 Å². The molecule has 0 spiro atoms. The Morgan fingerprint density at radius 2 is 2.11 bits per heavy atom. The van der Waals surface area contributed by atoms with E-state index in [0.29, 0.717) is 0 Å². The Balaban J connectivity index is 1.68. The summed E-state index contributed by atoms with van der Waals surface area (Å²) in [4.78, 5) is 11.4. The van der Waals surface area contributed by atoms with Gasteiger partial charge in [0, 0.05) is 6.54 Å². The lowest BCUT2D eigenvalue weighted by atomic mass is 10.1. The van der Waals surface area contributed by atoms with E-state index in [1.165, 1.54) is 0 Å². The maximum atomic E-state index is 11.4. The number of amides is 1. The number of aliphatic hydroxyl groups excluding tert-OH is 2. The molecular formula is C13H17NO5. The second kappa shape index (κ2) is 6.51. The lowest BCUT2D eigenvalue weighted by Crippen LogP contribution is -2.39. The summed E-state index contributed by atoms with van der Waals surface area (Å²) in [5.74, 6) is 0. The van der Waals surface area contributed by atoms with Crippen molar-refractivity contribution in [2.24, 2.45) is 0 Å². The fourth-order valence-electron chi connectivity index (χ4n) is 1.80. The molecule has 0 aliphatic carbocycles. The molecule has 19 heavy (non-hydrogen) atoms. The van der Waals surface area contributed by atoms with Gasteiger partial charge in [0.05, 0.1) is 6.61 Å². The van der Waals surface area contributed by atoms with E-state index >= 15 is 0 Å². The largest absolute Gasteiger partial charge is 0.445 e. The molecule has 1 saturated heterocycles. The third kappa shape index (κ3) is 3.92. The molecular weight excluding hydrogens is 250 g/mol. The van der Waals surface area contributed by atoms with Crippen LogP contribution in [0.4, 0.5) is 4.79 Å². The molecule has 6 heteroatoms. The number of hydrogen-bond acceptors (Lipinski definition) is 5. The highest BCUT2D eigenvalue weighted by atomic mass is 16.6. The number of rotatable bonds is 4. The van der Waals surface area contributed by atoms with E-state index in [0.717, 1.165) is 5.56 Å². The van der Waals surface area contributed by atoms with Gasteiger partial charge in [0.15, 0.2) is 0 Å². The second-order valence-corrected chi connectivity index (χ2v) is 4.37. The van der Waals surface area contributed by atoms with Gasteiger partial charge in [-0.25, -0.2) is 4.79 Å². The Morgan fingerprint density at radius 1 is 1.37 bits per heavy atom. The molecule has 0 saturated carbocycles. The molecule has 0 aromatic heterocycles. The first-order valence-electron chi connectivity index (χ1n) is 6.09. The Hall–Kier alpha value is -1.63. The molecule has 3 N–H and O–H groups in total. The van der Waals surface area contributed by atoms with Crippen LogP contribution in [-0.4, -0.2) is 47.8 Å². The van der Waals surface area contributed by atoms with Crippen molar-refractivity contribution in [3.05, 3.63) is 35.9 Å². The third-order valence-corrected chi connectivity index (χ3v) is 2.92. The van der Waals surface area contributed by atoms with Crippen molar-refractivity contribution in [1.82, 2.24) is 5.32 Å². The molecule has 1 aromatic rings. The number of nitrogens with one attached hydrogen (secondary N) is 1. The maximum absolute atomic E-state index is 11.4. The summed E-state index contributed by atoms with van der Waals surface area (Å²) in [7, 11) is 0. The van der Waals surface area contributed by atoms with Gasteiger partial charge in [0.2, 0.25) is 0 Å². The van der Waals surface area contributed by atoms with Crippen LogP contribution in [0.5, 0.6) is 0 Å². The SMILES string of the molecule is O=C(NCC1OC[C@@H](O)[C@H]1O)OCc1ccccc1. The standard InChI is InChI=1S/C13H17NO5/c15-10-8-18-11(12(10)16)6-14-13(17)19-7-9-4-2-1-3-5-9/h1-5,10-12,15-16H,6-8H2,(H,14,17)/t10-,11?,12-/m1/s1. The van der Waals surface area contributed by atoms with Crippen molar-refractivity contribution in [2.75, 3.05) is 13.2 Å². The van der Waals surface area contributed by atoms with Crippen molar-refractivity contribution in [3.63, 3.8) is 0 Å². The molecule has 2 rings (SSSR count). The number of benzene rings is 1. The minimum atomic E-state index is -0.977. The Morgan fingerprint density at radius 3 is 2.74 bits per heavy atom. The van der Waals surface area contributed by atoms with Gasteiger partial charge in [-0.3, -0.25) is 0 Å². The van der Waals surface area contributed by atoms with Crippen molar-refractivity contribution < 1.29 is 24.5 Å². The van der Waals surface area contributed by atoms with Gasteiger partial charge in [-0.05, 0) is 5.56 Å². The van der Waals surface area contributed by atoms with Crippen molar-refractivity contribution in [3.8, 4) is 0 Å². The number of aliphatic hydroxyl groups is 2. The van der Waals surface area contributed by atoms with E-state index < -0.39 is 24.4 Å². The Labute approximate surface area is 111 Å². The molecule has 1 heterocycles. The summed E-state index contributed by atoms with van der Waals surface area (Å²) in [6.45, 7) is 0.363. The van der Waals surface area contributed by atoms with Gasteiger partial charge < -0.3 is 25.0 Å². The molecule has 1 aromatic carbocycles. The summed E-state index contributed by atoms with van der Waals surface area (Å²) in [5, 5.41) is 21.3. The van der Waals surface area contributed by atoms with Crippen LogP contribution in [0.3, 0.4) is 0 Å². The van der Waals surface area contributed by atoms with Crippen molar-refractivity contribution >= 4 is 6.09 Å². The average Bonchev–Trinajstić information content (AvgIpc) is 2.75. The van der Waals surface area contributed by atoms with Gasteiger partial charge in [-0.1, -0.05) is 30.3 Å². The number of alkyl carbamates (subject to hydrolysis) is 1. The van der Waals surface area contributed by atoms with Crippen LogP contribution in [0.25, 0.3) is 0 Å². The fourth-order valence-corrected chi connectivity index (χ4v) is 1.80. The first-order chi connectivity index (χ1) is 9.16. The predicted molar refractivity (Wildman–Crippen MR) is 66.4 cm³/mol. The van der Waals surface area contributed by atoms with Gasteiger partial charge in [0.1, 0.15) is 24.9 Å². The van der Waals surface area contributed by atoms with Crippen LogP contribution in [-0.2, 0) is 16.1 Å². The highest BCUT2D eigenvalue weighted by Crippen LogP contribution is 2.13. The lowest BCUT2D eigenvalue weighted by Gasteiger charge is -2.15. The molecule has 1 unspecified atom stereocenters. The van der Waals surface area contributed by atoms with Crippen LogP contribution < -0.4 is 5.32 Å². The van der Waals surface area contributed by atoms with E-state index in [1.54, 1.807) is 0 Å². The molecule has 0 bridgehead atoms. The van der Waals surface area contributed by atoms with Gasteiger partial charge in [-0.15, -0.1) is 0 Å². The summed E-state index contributed by atoms with van der Waals surface area (Å²) < 4.78 is 10.1. The number of carbonyl (C=O) groups is 1. The quantitative estimate of drug-likeness (QED) is 0.716. The zero-order chi connectivity index (χ0) is 13.7. The van der Waals surface area contributed by atoms with Crippen LogP contribution in [0.2, 0.25) is 0 Å². The van der Waals surface area contributed by atoms with Crippen molar-refractivity contribution in [1.29, 1.82) is 0 Å². The van der Waals surface area contributed by atoms with E-state index in [9.17, 15) is 15.0 Å². The zero-order valence-electron chi connectivity index (χ0n) is 10.4. The summed E-state index contributed by atoms with van der Waals surface area (Å²) in [6, 6.07) is 9.32. The predicted octanol–water partition coefficient (Wildman–Crippen LogP) is 0.0334. The number of hydrogen-bond donors (Lipinski definition) is 3. The van der Waals surface area contributed by atoms with Gasteiger partial charge >= 0.3 is 6.09 Å². The summed E-state index contributed by atoms with van der Waals surface area (Å²) in [5.41, 5.74) is 0.894. The third-order valence-electron chi connectivity index (χ3n) is 2.92. The highest BCUT2D eigenvalue weighted by molar-refractivity contribution is 5.67. The highest BCUT2D eigenvalue weighted by Gasteiger charge is 2.34. The monoisotopic (exact) mass is 267 g/mol. The van der Waals surface area contributed by atoms with Crippen molar-refractivity contribution in [2.45, 2.75) is 24.9 Å². The second-order valence-electron chi connectivity index (χ2n) is 4.37. The number of ether oxygens (including phenoxy) is 2. The average molecular weight is 267 g/mol. The Kier molecular flexibility index (Phi) is 4.73. The minimum Gasteiger partial charge on any atom is -0.445 e. The first-order valence-corrected chi connectivity index (χ1v) is 6.09. The summed E-state index contributed by atoms with van der Waals surface area (Å²) in [6.07, 6.45) is -3.05. The molecule has 1 fully saturated rings. The molecule has 3 atom stereocenters. The van der Waals surface area contributed by atoms with Crippen LogP contribution in [0.15, 0.2) is 30.3 Å². The number of carbonyl (C=O) groups excluding carboxylic acids is 1. The molecule has 6 nitrogen and oxygen atoms in total. The zero-order valence-corrected chi connectivity index (χ0v) is 10.4. The van der Waals surface area contributed by atoms with E-state index in [2.05, 4.69) is 5.32 Å². The summed E-state index contributed by atoms with van der Waals surface area (Å²) >= 11 is 0. The molecule has 104 valence electrons. The molecule has 1 amide bonds. The molecule has 1 aliphatic rings. The first kappa shape index (κ1) is 13.8. The normalized spacial score (nSPS) is 26.1. The fraction of sp³-hybridized carbons (Fsp3) is 0.462. The minimum absolute atomic E-state index is 0.0760. The Bertz CT molecular complexity index is 411. The van der Waals surface area contributed by atoms with Crippen LogP contribution in [0.1, 0.15) is 5.56 Å². The van der Waals surface area contributed by atoms with E-state index in [-0.39, 0.29) is 19.8 Å². The van der Waals surface area contributed by atoms with E-state index in [1.807, 2.05) is 30.3 Å². The molecule has 1 aliphatic heterocycles. The maximum Gasteiger partial charge on any atom is 0.407 e. The molecule has 0 radical (unpaired) electrons. The topological polar surface area (TPSA) is 88.0 Å². The van der Waals surface area contributed by atoms with Gasteiger partial charge in [-0.2, -0.15) is 0 Å². The smallest absolute Gasteiger partial charge is 0.407 e. The van der Waals surface area contributed by atoms with E-state index in [4.69, 9.17) is 9.47 Å². The van der Waals surface area contributed by atoms with Crippen LogP contribution in [0, 0.1) is 0 Å².